The maximum absolute atomic E-state index is 14.2. The molecule has 0 atom stereocenters. The lowest BCUT2D eigenvalue weighted by atomic mass is 10.0. The number of anilines is 1. The molecule has 0 radical (unpaired) electrons. The van der Waals surface area contributed by atoms with Gasteiger partial charge in [-0.25, -0.2) is 9.18 Å². The van der Waals surface area contributed by atoms with E-state index in [0.29, 0.717) is 35.8 Å². The van der Waals surface area contributed by atoms with Gasteiger partial charge < -0.3 is 19.9 Å². The number of carbonyl (C=O) groups excluding carboxylic acids is 1. The number of carboxylic acids is 1. The molecule has 2 aromatic carbocycles. The minimum atomic E-state index is -1.15. The first kappa shape index (κ1) is 20.9. The minimum Gasteiger partial charge on any atom is -0.491 e. The van der Waals surface area contributed by atoms with Gasteiger partial charge in [-0.1, -0.05) is 6.07 Å². The standard InChI is InChI=1S/C22H19FN2O5/c1-29-5-6-30-20-4-2-3-19(11-20)25-21(26)15-7-14(9-18(23)10-15)16-8-17(22(27)28)13-24-12-16/h2-4,7-13H,5-6H2,1H3,(H,25,26)(H,27,28). The van der Waals surface area contributed by atoms with Crippen molar-refractivity contribution in [1.82, 2.24) is 4.98 Å². The normalized spacial score (nSPS) is 10.5. The molecule has 7 nitrogen and oxygen atoms in total. The lowest BCUT2D eigenvalue weighted by Gasteiger charge is -2.10. The maximum Gasteiger partial charge on any atom is 0.337 e. The number of pyridine rings is 1. The molecule has 1 heterocycles. The summed E-state index contributed by atoms with van der Waals surface area (Å²) >= 11 is 0. The van der Waals surface area contributed by atoms with Crippen molar-refractivity contribution in [1.29, 1.82) is 0 Å². The third-order valence-electron chi connectivity index (χ3n) is 4.13. The number of aromatic nitrogens is 1. The van der Waals surface area contributed by atoms with E-state index in [9.17, 15) is 14.0 Å². The van der Waals surface area contributed by atoms with E-state index in [1.165, 1.54) is 30.6 Å². The van der Waals surface area contributed by atoms with Crippen LogP contribution in [-0.2, 0) is 4.74 Å². The molecule has 0 fully saturated rings. The Morgan fingerprint density at radius 1 is 1.03 bits per heavy atom. The number of rotatable bonds is 8. The number of benzene rings is 2. The van der Waals surface area contributed by atoms with Gasteiger partial charge in [-0.2, -0.15) is 0 Å². The largest absolute Gasteiger partial charge is 0.491 e. The highest BCUT2D eigenvalue weighted by molar-refractivity contribution is 6.05. The molecular weight excluding hydrogens is 391 g/mol. The van der Waals surface area contributed by atoms with Crippen LogP contribution in [0.25, 0.3) is 11.1 Å². The molecule has 3 aromatic rings. The lowest BCUT2D eigenvalue weighted by molar-refractivity contribution is 0.0696. The molecule has 1 aromatic heterocycles. The van der Waals surface area contributed by atoms with Gasteiger partial charge in [0.1, 0.15) is 18.2 Å². The molecule has 1 amide bonds. The Balaban J connectivity index is 1.81. The summed E-state index contributed by atoms with van der Waals surface area (Å²) in [7, 11) is 1.57. The molecule has 0 aliphatic heterocycles. The smallest absolute Gasteiger partial charge is 0.337 e. The van der Waals surface area contributed by atoms with Gasteiger partial charge in [0, 0.05) is 42.4 Å². The van der Waals surface area contributed by atoms with Crippen molar-refractivity contribution in [2.24, 2.45) is 0 Å². The molecule has 0 saturated heterocycles. The van der Waals surface area contributed by atoms with Gasteiger partial charge in [-0.3, -0.25) is 9.78 Å². The number of methoxy groups -OCH3 is 1. The Kier molecular flexibility index (Phi) is 6.71. The third kappa shape index (κ3) is 5.39. The quantitative estimate of drug-likeness (QED) is 0.547. The number of nitrogens with zero attached hydrogens (tertiary/aromatic N) is 1. The summed E-state index contributed by atoms with van der Waals surface area (Å²) in [5, 5.41) is 11.8. The molecule has 0 bridgehead atoms. The third-order valence-corrected chi connectivity index (χ3v) is 4.13. The van der Waals surface area contributed by atoms with Crippen LogP contribution in [0.15, 0.2) is 60.9 Å². The first-order valence-corrected chi connectivity index (χ1v) is 8.99. The van der Waals surface area contributed by atoms with E-state index in [2.05, 4.69) is 10.3 Å². The molecule has 2 N–H and O–H groups in total. The summed E-state index contributed by atoms with van der Waals surface area (Å²) in [6, 6.07) is 11.9. The van der Waals surface area contributed by atoms with Gasteiger partial charge in [0.15, 0.2) is 0 Å². The van der Waals surface area contributed by atoms with Gasteiger partial charge in [-0.15, -0.1) is 0 Å². The van der Waals surface area contributed by atoms with Crippen LogP contribution in [0.3, 0.4) is 0 Å². The molecule has 0 aliphatic rings. The second-order valence-corrected chi connectivity index (χ2v) is 6.32. The van der Waals surface area contributed by atoms with Gasteiger partial charge in [0.05, 0.1) is 12.2 Å². The van der Waals surface area contributed by atoms with Crippen molar-refractivity contribution < 1.29 is 28.6 Å². The average molecular weight is 410 g/mol. The summed E-state index contributed by atoms with van der Waals surface area (Å²) in [6.07, 6.45) is 2.60. The van der Waals surface area contributed by atoms with Crippen molar-refractivity contribution in [3.05, 3.63) is 77.9 Å². The zero-order chi connectivity index (χ0) is 21.5. The lowest BCUT2D eigenvalue weighted by Crippen LogP contribution is -2.12. The van der Waals surface area contributed by atoms with Crippen LogP contribution >= 0.6 is 0 Å². The Morgan fingerprint density at radius 3 is 2.60 bits per heavy atom. The highest BCUT2D eigenvalue weighted by Gasteiger charge is 2.13. The molecule has 154 valence electrons. The molecule has 0 aliphatic carbocycles. The Hall–Kier alpha value is -3.78. The second-order valence-electron chi connectivity index (χ2n) is 6.32. The predicted octanol–water partition coefficient (Wildman–Crippen LogP) is 3.86. The van der Waals surface area contributed by atoms with Crippen LogP contribution in [0.4, 0.5) is 10.1 Å². The fourth-order valence-corrected chi connectivity index (χ4v) is 2.71. The summed E-state index contributed by atoms with van der Waals surface area (Å²) in [5.74, 6) is -1.74. The number of aromatic carboxylic acids is 1. The van der Waals surface area contributed by atoms with E-state index >= 15 is 0 Å². The number of nitrogens with one attached hydrogen (secondary N) is 1. The number of amides is 1. The van der Waals surface area contributed by atoms with E-state index in [1.54, 1.807) is 31.4 Å². The molecule has 3 rings (SSSR count). The minimum absolute atomic E-state index is 0.0342. The summed E-state index contributed by atoms with van der Waals surface area (Å²) in [6.45, 7) is 0.797. The highest BCUT2D eigenvalue weighted by Crippen LogP contribution is 2.24. The number of hydrogen-bond donors (Lipinski definition) is 2. The van der Waals surface area contributed by atoms with E-state index in [4.69, 9.17) is 14.6 Å². The van der Waals surface area contributed by atoms with E-state index in [-0.39, 0.29) is 11.1 Å². The predicted molar refractivity (Wildman–Crippen MR) is 108 cm³/mol. The van der Waals surface area contributed by atoms with Gasteiger partial charge in [-0.05, 0) is 42.0 Å². The molecule has 30 heavy (non-hydrogen) atoms. The first-order valence-electron chi connectivity index (χ1n) is 8.99. The van der Waals surface area contributed by atoms with Gasteiger partial charge in [0.25, 0.3) is 5.91 Å². The summed E-state index contributed by atoms with van der Waals surface area (Å²) < 4.78 is 24.6. The fourth-order valence-electron chi connectivity index (χ4n) is 2.71. The monoisotopic (exact) mass is 410 g/mol. The van der Waals surface area contributed by atoms with Crippen LogP contribution in [-0.4, -0.2) is 42.3 Å². The number of ether oxygens (including phenoxy) is 2. The maximum atomic E-state index is 14.2. The first-order chi connectivity index (χ1) is 14.5. The topological polar surface area (TPSA) is 97.8 Å². The number of halogens is 1. The zero-order valence-corrected chi connectivity index (χ0v) is 16.1. The number of carbonyl (C=O) groups is 2. The average Bonchev–Trinajstić information content (AvgIpc) is 2.74. The van der Waals surface area contributed by atoms with Crippen LogP contribution in [0.5, 0.6) is 5.75 Å². The van der Waals surface area contributed by atoms with Crippen molar-refractivity contribution in [2.75, 3.05) is 25.6 Å². The highest BCUT2D eigenvalue weighted by atomic mass is 19.1. The number of carboxylic acid groups (broad SMARTS) is 1. The van der Waals surface area contributed by atoms with Gasteiger partial charge in [0.2, 0.25) is 0 Å². The number of hydrogen-bond acceptors (Lipinski definition) is 5. The van der Waals surface area contributed by atoms with Crippen LogP contribution < -0.4 is 10.1 Å². The van der Waals surface area contributed by atoms with Crippen molar-refractivity contribution in [3.8, 4) is 16.9 Å². The van der Waals surface area contributed by atoms with Gasteiger partial charge >= 0.3 is 5.97 Å². The SMILES string of the molecule is COCCOc1cccc(NC(=O)c2cc(F)cc(-c3cncc(C(=O)O)c3)c2)c1. The van der Waals surface area contributed by atoms with Crippen molar-refractivity contribution in [3.63, 3.8) is 0 Å². The Labute approximate surface area is 172 Å². The summed E-state index contributed by atoms with van der Waals surface area (Å²) in [5.41, 5.74) is 1.25. The van der Waals surface area contributed by atoms with Crippen LogP contribution in [0.2, 0.25) is 0 Å². The fraction of sp³-hybridized carbons (Fsp3) is 0.136. The molecule has 0 spiro atoms. The van der Waals surface area contributed by atoms with E-state index < -0.39 is 17.7 Å². The Morgan fingerprint density at radius 2 is 1.83 bits per heavy atom. The Bertz CT molecular complexity index is 1070. The summed E-state index contributed by atoms with van der Waals surface area (Å²) in [4.78, 5) is 27.7. The van der Waals surface area contributed by atoms with Crippen molar-refractivity contribution >= 4 is 17.6 Å². The van der Waals surface area contributed by atoms with Crippen LogP contribution in [0, 0.1) is 5.82 Å². The molecule has 0 unspecified atom stereocenters. The van der Waals surface area contributed by atoms with Crippen molar-refractivity contribution in [2.45, 2.75) is 0 Å². The van der Waals surface area contributed by atoms with E-state index in [1.807, 2.05) is 0 Å². The van der Waals surface area contributed by atoms with Crippen LogP contribution in [0.1, 0.15) is 20.7 Å². The molecule has 0 saturated carbocycles. The second kappa shape index (κ2) is 9.62. The zero-order valence-electron chi connectivity index (χ0n) is 16.1. The molecular formula is C22H19FN2O5. The molecule has 8 heteroatoms. The van der Waals surface area contributed by atoms with E-state index in [0.717, 1.165) is 6.07 Å².